The van der Waals surface area contributed by atoms with Gasteiger partial charge in [-0.15, -0.1) is 0 Å². The van der Waals surface area contributed by atoms with Gasteiger partial charge in [0.15, 0.2) is 11.5 Å². The molecule has 0 fully saturated rings. The van der Waals surface area contributed by atoms with E-state index in [2.05, 4.69) is 10.3 Å². The number of fused-ring (bicyclic) bond motifs is 2. The number of amides is 1. The van der Waals surface area contributed by atoms with Gasteiger partial charge in [0.25, 0.3) is 0 Å². The maximum atomic E-state index is 12.4. The molecule has 8 heteroatoms. The topological polar surface area (TPSA) is 91.7 Å². The molecule has 8 nitrogen and oxygen atoms in total. The van der Waals surface area contributed by atoms with Crippen LogP contribution in [0.15, 0.2) is 42.7 Å². The molecule has 0 aliphatic carbocycles. The maximum Gasteiger partial charge on any atom is 0.338 e. The summed E-state index contributed by atoms with van der Waals surface area (Å²) >= 11 is 0. The number of anilines is 1. The Kier molecular flexibility index (Phi) is 4.84. The molecular weight excluding hydrogens is 362 g/mol. The highest BCUT2D eigenvalue weighted by Crippen LogP contribution is 2.34. The lowest BCUT2D eigenvalue weighted by Crippen LogP contribution is -2.18. The minimum Gasteiger partial charge on any atom is -0.486 e. The zero-order chi connectivity index (χ0) is 19.5. The first-order valence-electron chi connectivity index (χ1n) is 8.95. The molecule has 1 aliphatic heterocycles. The number of nitrogens with one attached hydrogen (secondary N) is 1. The van der Waals surface area contributed by atoms with Crippen molar-refractivity contribution < 1.29 is 23.8 Å². The number of carbonyl (C=O) groups excluding carboxylic acids is 2. The summed E-state index contributed by atoms with van der Waals surface area (Å²) in [5.41, 5.74) is 2.55. The Morgan fingerprint density at radius 3 is 2.57 bits per heavy atom. The van der Waals surface area contributed by atoms with E-state index in [0.717, 1.165) is 11.0 Å². The Morgan fingerprint density at radius 1 is 1.14 bits per heavy atom. The summed E-state index contributed by atoms with van der Waals surface area (Å²) < 4.78 is 17.8. The highest BCUT2D eigenvalue weighted by atomic mass is 16.6. The van der Waals surface area contributed by atoms with E-state index >= 15 is 0 Å². The predicted molar refractivity (Wildman–Crippen MR) is 102 cm³/mol. The van der Waals surface area contributed by atoms with Gasteiger partial charge in [0.2, 0.25) is 5.91 Å². The Bertz CT molecular complexity index is 1030. The molecule has 0 radical (unpaired) electrons. The number of esters is 1. The molecule has 0 atom stereocenters. The summed E-state index contributed by atoms with van der Waals surface area (Å²) in [7, 11) is 0. The second-order valence-corrected chi connectivity index (χ2v) is 6.20. The molecule has 1 amide bonds. The number of carbonyl (C=O) groups is 2. The average molecular weight is 381 g/mol. The fraction of sp³-hybridized carbons (Fsp3) is 0.250. The van der Waals surface area contributed by atoms with Crippen molar-refractivity contribution in [3.8, 4) is 11.5 Å². The van der Waals surface area contributed by atoms with Crippen LogP contribution in [-0.2, 0) is 16.1 Å². The van der Waals surface area contributed by atoms with Crippen LogP contribution in [0.2, 0.25) is 0 Å². The van der Waals surface area contributed by atoms with Gasteiger partial charge in [-0.25, -0.2) is 9.78 Å². The van der Waals surface area contributed by atoms with Crippen molar-refractivity contribution >= 4 is 28.6 Å². The van der Waals surface area contributed by atoms with Crippen LogP contribution < -0.4 is 14.8 Å². The lowest BCUT2D eigenvalue weighted by molar-refractivity contribution is -0.116. The van der Waals surface area contributed by atoms with Crippen LogP contribution in [0.25, 0.3) is 11.0 Å². The van der Waals surface area contributed by atoms with E-state index in [9.17, 15) is 9.59 Å². The number of rotatable bonds is 5. The van der Waals surface area contributed by atoms with E-state index in [1.807, 2.05) is 12.1 Å². The highest BCUT2D eigenvalue weighted by molar-refractivity contribution is 5.93. The molecule has 0 saturated heterocycles. The van der Waals surface area contributed by atoms with E-state index < -0.39 is 0 Å². The quantitative estimate of drug-likeness (QED) is 0.683. The first kappa shape index (κ1) is 17.8. The van der Waals surface area contributed by atoms with E-state index in [-0.39, 0.29) is 18.4 Å². The third-order valence-electron chi connectivity index (χ3n) is 4.28. The maximum absolute atomic E-state index is 12.4. The minimum absolute atomic E-state index is 0.0930. The molecule has 0 spiro atoms. The Hall–Kier alpha value is -3.55. The number of hydrogen-bond acceptors (Lipinski definition) is 6. The normalized spacial score (nSPS) is 12.6. The zero-order valence-corrected chi connectivity index (χ0v) is 15.3. The summed E-state index contributed by atoms with van der Waals surface area (Å²) in [4.78, 5) is 28.4. The molecule has 0 saturated carbocycles. The fourth-order valence-electron chi connectivity index (χ4n) is 2.98. The number of aromatic nitrogens is 2. The smallest absolute Gasteiger partial charge is 0.338 e. The second-order valence-electron chi connectivity index (χ2n) is 6.20. The monoisotopic (exact) mass is 381 g/mol. The largest absolute Gasteiger partial charge is 0.486 e. The molecule has 2 heterocycles. The van der Waals surface area contributed by atoms with Gasteiger partial charge in [0, 0.05) is 17.8 Å². The molecule has 1 N–H and O–H groups in total. The van der Waals surface area contributed by atoms with Crippen molar-refractivity contribution in [1.29, 1.82) is 0 Å². The number of benzene rings is 2. The minimum atomic E-state index is -0.389. The molecule has 1 aliphatic rings. The van der Waals surface area contributed by atoms with Gasteiger partial charge in [-0.05, 0) is 31.2 Å². The average Bonchev–Trinajstić information content (AvgIpc) is 3.08. The fourth-order valence-corrected chi connectivity index (χ4v) is 2.98. The van der Waals surface area contributed by atoms with E-state index in [1.54, 1.807) is 42.1 Å². The van der Waals surface area contributed by atoms with Crippen LogP contribution in [0.4, 0.5) is 5.69 Å². The molecule has 1 aromatic heterocycles. The number of hydrogen-bond donors (Lipinski definition) is 1. The number of imidazole rings is 1. The zero-order valence-electron chi connectivity index (χ0n) is 15.3. The van der Waals surface area contributed by atoms with Gasteiger partial charge in [0.1, 0.15) is 19.8 Å². The third kappa shape index (κ3) is 3.62. The van der Waals surface area contributed by atoms with Gasteiger partial charge >= 0.3 is 5.97 Å². The second kappa shape index (κ2) is 7.59. The molecule has 0 bridgehead atoms. The molecule has 0 unspecified atom stereocenters. The Morgan fingerprint density at radius 2 is 1.86 bits per heavy atom. The standard InChI is InChI=1S/C20H19N3O5/c1-2-26-20(25)13-3-5-14(6-4-13)22-19(24)11-23-12-21-15-9-17-18(10-16(15)23)28-8-7-27-17/h3-6,9-10,12H,2,7-8,11H2,1H3,(H,22,24). The van der Waals surface area contributed by atoms with Gasteiger partial charge in [-0.1, -0.05) is 0 Å². The molecular formula is C20H19N3O5. The number of nitrogens with zero attached hydrogens (tertiary/aromatic N) is 2. The van der Waals surface area contributed by atoms with Crippen LogP contribution in [-0.4, -0.2) is 41.2 Å². The van der Waals surface area contributed by atoms with Gasteiger partial charge < -0.3 is 24.1 Å². The first-order chi connectivity index (χ1) is 13.6. The van der Waals surface area contributed by atoms with Crippen LogP contribution in [0.5, 0.6) is 11.5 Å². The summed E-state index contributed by atoms with van der Waals surface area (Å²) in [6, 6.07) is 10.2. The van der Waals surface area contributed by atoms with Crippen LogP contribution in [0.3, 0.4) is 0 Å². The molecule has 2 aromatic carbocycles. The van der Waals surface area contributed by atoms with Crippen molar-refractivity contribution in [1.82, 2.24) is 9.55 Å². The molecule has 4 rings (SSSR count). The van der Waals surface area contributed by atoms with Crippen molar-refractivity contribution in [2.24, 2.45) is 0 Å². The molecule has 144 valence electrons. The van der Waals surface area contributed by atoms with E-state index in [4.69, 9.17) is 14.2 Å². The van der Waals surface area contributed by atoms with Gasteiger partial charge in [-0.3, -0.25) is 4.79 Å². The summed E-state index contributed by atoms with van der Waals surface area (Å²) in [5, 5.41) is 2.81. The van der Waals surface area contributed by atoms with Crippen molar-refractivity contribution in [3.05, 3.63) is 48.3 Å². The van der Waals surface area contributed by atoms with Crippen molar-refractivity contribution in [3.63, 3.8) is 0 Å². The summed E-state index contributed by atoms with van der Waals surface area (Å²) in [6.07, 6.45) is 1.61. The summed E-state index contributed by atoms with van der Waals surface area (Å²) in [6.45, 7) is 3.17. The van der Waals surface area contributed by atoms with Gasteiger partial charge in [-0.2, -0.15) is 0 Å². The van der Waals surface area contributed by atoms with E-state index in [1.165, 1.54) is 0 Å². The Balaban J connectivity index is 1.46. The summed E-state index contributed by atoms with van der Waals surface area (Å²) in [5.74, 6) is 0.712. The highest BCUT2D eigenvalue weighted by Gasteiger charge is 2.16. The lowest BCUT2D eigenvalue weighted by Gasteiger charge is -2.18. The molecule has 3 aromatic rings. The SMILES string of the molecule is CCOC(=O)c1ccc(NC(=O)Cn2cnc3cc4c(cc32)OCCO4)cc1. The lowest BCUT2D eigenvalue weighted by atomic mass is 10.2. The van der Waals surface area contributed by atoms with E-state index in [0.29, 0.717) is 42.6 Å². The Labute approximate surface area is 161 Å². The van der Waals surface area contributed by atoms with Crippen LogP contribution in [0, 0.1) is 0 Å². The third-order valence-corrected chi connectivity index (χ3v) is 4.28. The van der Waals surface area contributed by atoms with Crippen LogP contribution in [0.1, 0.15) is 17.3 Å². The molecule has 28 heavy (non-hydrogen) atoms. The predicted octanol–water partition coefficient (Wildman–Crippen LogP) is 2.62. The van der Waals surface area contributed by atoms with Crippen molar-refractivity contribution in [2.45, 2.75) is 13.5 Å². The number of ether oxygens (including phenoxy) is 3. The van der Waals surface area contributed by atoms with Crippen molar-refractivity contribution in [2.75, 3.05) is 25.1 Å². The van der Waals surface area contributed by atoms with Gasteiger partial charge in [0.05, 0.1) is 29.5 Å². The van der Waals surface area contributed by atoms with Crippen LogP contribution >= 0.6 is 0 Å². The first-order valence-corrected chi connectivity index (χ1v) is 8.95.